The molecule has 0 atom stereocenters. The first-order valence-electron chi connectivity index (χ1n) is 8.61. The molecule has 10 heteroatoms. The second-order valence-electron chi connectivity index (χ2n) is 6.04. The largest absolute Gasteiger partial charge is 0.459 e. The molecule has 1 amide bonds. The van der Waals surface area contributed by atoms with Gasteiger partial charge in [-0.2, -0.15) is 0 Å². The van der Waals surface area contributed by atoms with E-state index in [-0.39, 0.29) is 35.6 Å². The molecule has 1 fully saturated rings. The number of nitro benzene ring substituents is 1. The lowest BCUT2D eigenvalue weighted by molar-refractivity contribution is -0.385. The van der Waals surface area contributed by atoms with Gasteiger partial charge in [-0.25, -0.2) is 0 Å². The molecule has 1 aromatic heterocycles. The van der Waals surface area contributed by atoms with Gasteiger partial charge in [-0.15, -0.1) is 24.0 Å². The topological polar surface area (TPSA) is 104 Å². The van der Waals surface area contributed by atoms with E-state index in [0.717, 1.165) is 0 Å². The molecule has 28 heavy (non-hydrogen) atoms. The summed E-state index contributed by atoms with van der Waals surface area (Å²) in [5.41, 5.74) is 0.671. The lowest BCUT2D eigenvalue weighted by Gasteiger charge is -2.36. The molecule has 2 aromatic rings. The van der Waals surface area contributed by atoms with Gasteiger partial charge in [0.2, 0.25) is 0 Å². The Hall–Kier alpha value is -2.63. The van der Waals surface area contributed by atoms with Crippen LogP contribution in [0.15, 0.2) is 52.1 Å². The Labute approximate surface area is 179 Å². The Kier molecular flexibility index (Phi) is 7.79. The number of nitro groups is 1. The van der Waals surface area contributed by atoms with Crippen molar-refractivity contribution in [3.8, 4) is 0 Å². The molecule has 0 spiro atoms. The number of carbonyl (C=O) groups excluding carboxylic acids is 1. The molecule has 1 saturated heterocycles. The molecule has 0 unspecified atom stereocenters. The number of piperazine rings is 1. The third-order valence-corrected chi connectivity index (χ3v) is 4.44. The highest BCUT2D eigenvalue weighted by atomic mass is 127. The molecule has 1 N–H and O–H groups in total. The highest BCUT2D eigenvalue weighted by Gasteiger charge is 2.25. The second-order valence-corrected chi connectivity index (χ2v) is 6.04. The average molecular weight is 499 g/mol. The smallest absolute Gasteiger partial charge is 0.289 e. The molecule has 3 rings (SSSR count). The lowest BCUT2D eigenvalue weighted by Crippen LogP contribution is -2.53. The zero-order valence-electron chi connectivity index (χ0n) is 15.4. The standard InChI is InChI=1S/C18H21N5O4.HI/c1-19-18(20-13-14-5-2-3-6-15(14)23(25)26)22-10-8-21(9-11-22)17(24)16-7-4-12-27-16;/h2-7,12H,8-11,13H2,1H3,(H,19,20);1H. The SMILES string of the molecule is CN=C(NCc1ccccc1[N+](=O)[O-])N1CCN(C(=O)c2ccco2)CC1.I. The lowest BCUT2D eigenvalue weighted by atomic mass is 10.2. The van der Waals surface area contributed by atoms with Gasteiger partial charge in [0.15, 0.2) is 11.7 Å². The number of aliphatic imine (C=N–C) groups is 1. The molecule has 2 heterocycles. The van der Waals surface area contributed by atoms with Crippen LogP contribution in [0.2, 0.25) is 0 Å². The molecule has 1 aliphatic heterocycles. The van der Waals surface area contributed by atoms with Gasteiger partial charge in [0.1, 0.15) is 0 Å². The summed E-state index contributed by atoms with van der Waals surface area (Å²) in [5.74, 6) is 0.864. The summed E-state index contributed by atoms with van der Waals surface area (Å²) in [6.45, 7) is 2.62. The number of furan rings is 1. The van der Waals surface area contributed by atoms with E-state index in [1.807, 2.05) is 4.90 Å². The van der Waals surface area contributed by atoms with E-state index in [2.05, 4.69) is 10.3 Å². The van der Waals surface area contributed by atoms with E-state index in [0.29, 0.717) is 50.0 Å². The van der Waals surface area contributed by atoms with Gasteiger partial charge in [0, 0.05) is 51.4 Å². The number of hydrogen-bond acceptors (Lipinski definition) is 5. The predicted molar refractivity (Wildman–Crippen MR) is 115 cm³/mol. The Morgan fingerprint density at radius 2 is 1.86 bits per heavy atom. The fraction of sp³-hybridized carbons (Fsp3) is 0.333. The third-order valence-electron chi connectivity index (χ3n) is 4.44. The predicted octanol–water partition coefficient (Wildman–Crippen LogP) is 2.34. The van der Waals surface area contributed by atoms with Crippen molar-refractivity contribution >= 4 is 41.5 Å². The number of halogens is 1. The first kappa shape index (κ1) is 21.7. The van der Waals surface area contributed by atoms with Gasteiger partial charge in [0.05, 0.1) is 11.2 Å². The number of nitrogens with one attached hydrogen (secondary N) is 1. The normalized spacial score (nSPS) is 14.4. The van der Waals surface area contributed by atoms with Crippen molar-refractivity contribution in [2.45, 2.75) is 6.54 Å². The number of carbonyl (C=O) groups is 1. The van der Waals surface area contributed by atoms with Gasteiger partial charge >= 0.3 is 0 Å². The molecule has 9 nitrogen and oxygen atoms in total. The van der Waals surface area contributed by atoms with Crippen LogP contribution in [-0.4, -0.2) is 59.8 Å². The van der Waals surface area contributed by atoms with Crippen LogP contribution < -0.4 is 5.32 Å². The highest BCUT2D eigenvalue weighted by Crippen LogP contribution is 2.17. The second kappa shape index (κ2) is 10.1. The van der Waals surface area contributed by atoms with Crippen LogP contribution >= 0.6 is 24.0 Å². The minimum Gasteiger partial charge on any atom is -0.459 e. The van der Waals surface area contributed by atoms with Gasteiger partial charge < -0.3 is 19.5 Å². The maximum Gasteiger partial charge on any atom is 0.289 e. The van der Waals surface area contributed by atoms with Crippen molar-refractivity contribution in [3.05, 3.63) is 64.1 Å². The Morgan fingerprint density at radius 1 is 1.18 bits per heavy atom. The Bertz CT molecular complexity index is 832. The van der Waals surface area contributed by atoms with E-state index >= 15 is 0 Å². The molecule has 0 radical (unpaired) electrons. The molecule has 0 bridgehead atoms. The fourth-order valence-corrected chi connectivity index (χ4v) is 3.02. The minimum atomic E-state index is -0.390. The highest BCUT2D eigenvalue weighted by molar-refractivity contribution is 14.0. The van der Waals surface area contributed by atoms with Crippen molar-refractivity contribution in [1.29, 1.82) is 0 Å². The van der Waals surface area contributed by atoms with Crippen LogP contribution in [-0.2, 0) is 6.54 Å². The van der Waals surface area contributed by atoms with Gasteiger partial charge in [-0.05, 0) is 12.1 Å². The summed E-state index contributed by atoms with van der Waals surface area (Å²) in [6.07, 6.45) is 1.48. The summed E-state index contributed by atoms with van der Waals surface area (Å²) >= 11 is 0. The number of hydrogen-bond donors (Lipinski definition) is 1. The van der Waals surface area contributed by atoms with Crippen LogP contribution in [0.25, 0.3) is 0 Å². The number of para-hydroxylation sites is 1. The number of amides is 1. The van der Waals surface area contributed by atoms with E-state index in [1.165, 1.54) is 12.3 Å². The Balaban J connectivity index is 0.00000280. The van der Waals surface area contributed by atoms with E-state index in [1.54, 1.807) is 42.3 Å². The van der Waals surface area contributed by atoms with Gasteiger partial charge in [-0.1, -0.05) is 18.2 Å². The summed E-state index contributed by atoms with van der Waals surface area (Å²) in [6, 6.07) is 9.97. The first-order valence-corrected chi connectivity index (χ1v) is 8.61. The molecular formula is C18H22IN5O4. The van der Waals surface area contributed by atoms with Crippen LogP contribution in [0, 0.1) is 10.1 Å². The van der Waals surface area contributed by atoms with E-state index < -0.39 is 4.92 Å². The van der Waals surface area contributed by atoms with Crippen molar-refractivity contribution in [1.82, 2.24) is 15.1 Å². The number of benzene rings is 1. The van der Waals surface area contributed by atoms with Gasteiger partial charge in [0.25, 0.3) is 11.6 Å². The Morgan fingerprint density at radius 3 is 2.46 bits per heavy atom. The number of guanidine groups is 1. The maximum atomic E-state index is 12.3. The van der Waals surface area contributed by atoms with Crippen molar-refractivity contribution < 1.29 is 14.1 Å². The molecule has 150 valence electrons. The fourth-order valence-electron chi connectivity index (χ4n) is 3.02. The van der Waals surface area contributed by atoms with Crippen molar-refractivity contribution in [2.75, 3.05) is 33.2 Å². The zero-order chi connectivity index (χ0) is 19.2. The van der Waals surface area contributed by atoms with Crippen LogP contribution in [0.5, 0.6) is 0 Å². The van der Waals surface area contributed by atoms with Crippen LogP contribution in [0.1, 0.15) is 16.1 Å². The summed E-state index contributed by atoms with van der Waals surface area (Å²) in [7, 11) is 1.67. The quantitative estimate of drug-likeness (QED) is 0.228. The monoisotopic (exact) mass is 499 g/mol. The molecule has 1 aliphatic rings. The third kappa shape index (κ3) is 5.00. The number of rotatable bonds is 4. The van der Waals surface area contributed by atoms with E-state index in [4.69, 9.17) is 4.42 Å². The van der Waals surface area contributed by atoms with Crippen LogP contribution in [0.3, 0.4) is 0 Å². The minimum absolute atomic E-state index is 0. The van der Waals surface area contributed by atoms with Gasteiger partial charge in [-0.3, -0.25) is 19.9 Å². The molecular weight excluding hydrogens is 477 g/mol. The van der Waals surface area contributed by atoms with E-state index in [9.17, 15) is 14.9 Å². The average Bonchev–Trinajstić information content (AvgIpc) is 3.23. The van der Waals surface area contributed by atoms with Crippen molar-refractivity contribution in [3.63, 3.8) is 0 Å². The zero-order valence-corrected chi connectivity index (χ0v) is 17.7. The number of nitrogens with zero attached hydrogens (tertiary/aromatic N) is 4. The molecule has 1 aromatic carbocycles. The molecule has 0 saturated carbocycles. The van der Waals surface area contributed by atoms with Crippen molar-refractivity contribution in [2.24, 2.45) is 4.99 Å². The molecule has 0 aliphatic carbocycles. The van der Waals surface area contributed by atoms with Crippen LogP contribution in [0.4, 0.5) is 5.69 Å². The summed E-state index contributed by atoms with van der Waals surface area (Å²) in [5, 5.41) is 14.3. The maximum absolute atomic E-state index is 12.3. The summed E-state index contributed by atoms with van der Waals surface area (Å²) < 4.78 is 5.17. The summed E-state index contributed by atoms with van der Waals surface area (Å²) in [4.78, 5) is 31.1. The first-order chi connectivity index (χ1) is 13.1.